The minimum absolute atomic E-state index is 0.0683. The van der Waals surface area contributed by atoms with Gasteiger partial charge in [-0.25, -0.2) is 4.79 Å². The molecule has 0 saturated heterocycles. The maximum absolute atomic E-state index is 10.3. The number of aliphatic carboxylic acids is 1. The molecule has 3 nitrogen and oxygen atoms in total. The van der Waals surface area contributed by atoms with Crippen molar-refractivity contribution in [3.8, 4) is 0 Å². The van der Waals surface area contributed by atoms with E-state index in [0.29, 0.717) is 12.8 Å². The van der Waals surface area contributed by atoms with E-state index in [1.54, 1.807) is 0 Å². The van der Waals surface area contributed by atoms with E-state index in [2.05, 4.69) is 0 Å². The molecule has 1 aliphatic carbocycles. The van der Waals surface area contributed by atoms with Gasteiger partial charge < -0.3 is 10.2 Å². The van der Waals surface area contributed by atoms with Gasteiger partial charge in [-0.15, -0.1) is 0 Å². The van der Waals surface area contributed by atoms with Crippen molar-refractivity contribution in [2.75, 3.05) is 0 Å². The molecule has 0 radical (unpaired) electrons. The van der Waals surface area contributed by atoms with E-state index >= 15 is 0 Å². The lowest BCUT2D eigenvalue weighted by atomic mass is 9.98. The summed E-state index contributed by atoms with van der Waals surface area (Å²) in [5.41, 5.74) is 0.200. The van der Waals surface area contributed by atoms with E-state index in [1.807, 2.05) is 0 Å². The lowest BCUT2D eigenvalue weighted by molar-refractivity contribution is -0.133. The molecule has 0 aromatic rings. The number of rotatable bonds is 1. The third-order valence-electron chi connectivity index (χ3n) is 1.70. The first kappa shape index (κ1) is 7.12. The number of hydrogen-bond donors (Lipinski definition) is 2. The first-order valence-electron chi connectivity index (χ1n) is 3.36. The average molecular weight is 142 g/mol. The summed E-state index contributed by atoms with van der Waals surface area (Å²) < 4.78 is 0. The van der Waals surface area contributed by atoms with Gasteiger partial charge in [-0.05, 0) is 19.3 Å². The molecule has 0 saturated carbocycles. The Labute approximate surface area is 59.0 Å². The Bertz CT molecular complexity index is 181. The number of hydrogen-bond acceptors (Lipinski definition) is 2. The fourth-order valence-electron chi connectivity index (χ4n) is 1.12. The highest BCUT2D eigenvalue weighted by Crippen LogP contribution is 2.22. The molecule has 0 spiro atoms. The molecule has 0 bridgehead atoms. The van der Waals surface area contributed by atoms with Crippen LogP contribution in [-0.2, 0) is 4.79 Å². The predicted molar refractivity (Wildman–Crippen MR) is 35.8 cm³/mol. The summed E-state index contributed by atoms with van der Waals surface area (Å²) in [4.78, 5) is 10.3. The van der Waals surface area contributed by atoms with Gasteiger partial charge in [0.25, 0.3) is 0 Å². The predicted octanol–water partition coefficient (Wildman–Crippen LogP) is 1.46. The van der Waals surface area contributed by atoms with Crippen LogP contribution in [0.1, 0.15) is 25.7 Å². The number of carboxylic acids is 1. The van der Waals surface area contributed by atoms with Gasteiger partial charge >= 0.3 is 5.97 Å². The van der Waals surface area contributed by atoms with Gasteiger partial charge in [0.1, 0.15) is 5.76 Å². The second-order valence-corrected chi connectivity index (χ2v) is 2.44. The fraction of sp³-hybridized carbons (Fsp3) is 0.571. The van der Waals surface area contributed by atoms with Crippen LogP contribution < -0.4 is 0 Å². The molecule has 1 rings (SSSR count). The van der Waals surface area contributed by atoms with Crippen molar-refractivity contribution in [1.82, 2.24) is 0 Å². The Balaban J connectivity index is 2.78. The Hall–Kier alpha value is -0.990. The second-order valence-electron chi connectivity index (χ2n) is 2.44. The summed E-state index contributed by atoms with van der Waals surface area (Å²) >= 11 is 0. The Kier molecular flexibility index (Phi) is 1.94. The number of carboxylic acid groups (broad SMARTS) is 1. The van der Waals surface area contributed by atoms with Crippen molar-refractivity contribution in [1.29, 1.82) is 0 Å². The molecule has 10 heavy (non-hydrogen) atoms. The van der Waals surface area contributed by atoms with Crippen molar-refractivity contribution in [3.63, 3.8) is 0 Å². The molecular formula is C7H10O3. The second kappa shape index (κ2) is 2.73. The maximum Gasteiger partial charge on any atom is 0.334 e. The zero-order valence-electron chi connectivity index (χ0n) is 5.63. The molecule has 0 aliphatic heterocycles. The van der Waals surface area contributed by atoms with Crippen LogP contribution in [0.5, 0.6) is 0 Å². The van der Waals surface area contributed by atoms with Crippen LogP contribution in [0, 0.1) is 0 Å². The minimum atomic E-state index is -0.975. The van der Waals surface area contributed by atoms with Gasteiger partial charge in [-0.3, -0.25) is 0 Å². The number of aliphatic hydroxyl groups excluding tert-OH is 1. The Morgan fingerprint density at radius 3 is 2.30 bits per heavy atom. The summed E-state index contributed by atoms with van der Waals surface area (Å²) in [6, 6.07) is 0. The number of carbonyl (C=O) groups is 1. The Morgan fingerprint density at radius 2 is 1.90 bits per heavy atom. The quantitative estimate of drug-likeness (QED) is 0.582. The topological polar surface area (TPSA) is 57.5 Å². The zero-order chi connectivity index (χ0) is 7.56. The van der Waals surface area contributed by atoms with Crippen LogP contribution in [0.15, 0.2) is 11.3 Å². The summed E-state index contributed by atoms with van der Waals surface area (Å²) in [6.07, 6.45) is 2.83. The monoisotopic (exact) mass is 142 g/mol. The molecule has 1 aliphatic rings. The van der Waals surface area contributed by atoms with Crippen LogP contribution in [0.25, 0.3) is 0 Å². The van der Waals surface area contributed by atoms with Crippen molar-refractivity contribution in [3.05, 3.63) is 11.3 Å². The summed E-state index contributed by atoms with van der Waals surface area (Å²) in [5.74, 6) is -0.907. The lowest BCUT2D eigenvalue weighted by Crippen LogP contribution is -2.08. The average Bonchev–Trinajstić information content (AvgIpc) is 1.88. The molecule has 0 heterocycles. The first-order valence-corrected chi connectivity index (χ1v) is 3.36. The van der Waals surface area contributed by atoms with Crippen molar-refractivity contribution in [2.24, 2.45) is 0 Å². The van der Waals surface area contributed by atoms with Crippen LogP contribution in [0.4, 0.5) is 0 Å². The minimum Gasteiger partial charge on any atom is -0.512 e. The van der Waals surface area contributed by atoms with Crippen LogP contribution in [-0.4, -0.2) is 16.2 Å². The molecule has 0 unspecified atom stereocenters. The van der Waals surface area contributed by atoms with E-state index < -0.39 is 5.97 Å². The summed E-state index contributed by atoms with van der Waals surface area (Å²) in [7, 11) is 0. The zero-order valence-corrected chi connectivity index (χ0v) is 5.63. The third-order valence-corrected chi connectivity index (χ3v) is 1.70. The van der Waals surface area contributed by atoms with Crippen LogP contribution >= 0.6 is 0 Å². The molecule has 56 valence electrons. The van der Waals surface area contributed by atoms with E-state index in [9.17, 15) is 4.79 Å². The van der Waals surface area contributed by atoms with E-state index in [0.717, 1.165) is 12.8 Å². The molecule has 0 amide bonds. The van der Waals surface area contributed by atoms with Crippen LogP contribution in [0.3, 0.4) is 0 Å². The molecular weight excluding hydrogens is 132 g/mol. The Morgan fingerprint density at radius 1 is 1.30 bits per heavy atom. The number of allylic oxidation sites excluding steroid dienone is 1. The van der Waals surface area contributed by atoms with Gasteiger partial charge in [-0.2, -0.15) is 0 Å². The highest BCUT2D eigenvalue weighted by molar-refractivity contribution is 5.87. The molecule has 2 N–H and O–H groups in total. The van der Waals surface area contributed by atoms with Crippen molar-refractivity contribution in [2.45, 2.75) is 25.7 Å². The van der Waals surface area contributed by atoms with Crippen molar-refractivity contribution >= 4 is 5.97 Å². The molecule has 0 fully saturated rings. The smallest absolute Gasteiger partial charge is 0.334 e. The van der Waals surface area contributed by atoms with Gasteiger partial charge in [0.05, 0.1) is 5.57 Å². The van der Waals surface area contributed by atoms with E-state index in [-0.39, 0.29) is 11.3 Å². The van der Waals surface area contributed by atoms with E-state index in [4.69, 9.17) is 10.2 Å². The maximum atomic E-state index is 10.3. The normalized spacial score (nSPS) is 19.2. The highest BCUT2D eigenvalue weighted by atomic mass is 16.4. The molecule has 0 aromatic heterocycles. The highest BCUT2D eigenvalue weighted by Gasteiger charge is 2.16. The van der Waals surface area contributed by atoms with Gasteiger partial charge in [0.15, 0.2) is 0 Å². The summed E-state index contributed by atoms with van der Waals surface area (Å²) in [6.45, 7) is 0. The van der Waals surface area contributed by atoms with Gasteiger partial charge in [-0.1, -0.05) is 0 Å². The fourth-order valence-corrected chi connectivity index (χ4v) is 1.12. The third kappa shape index (κ3) is 1.29. The molecule has 0 aromatic carbocycles. The summed E-state index contributed by atoms with van der Waals surface area (Å²) in [5, 5.41) is 17.5. The van der Waals surface area contributed by atoms with Gasteiger partial charge in [0, 0.05) is 6.42 Å². The number of aliphatic hydroxyl groups is 1. The first-order chi connectivity index (χ1) is 4.72. The molecule has 0 atom stereocenters. The van der Waals surface area contributed by atoms with Crippen LogP contribution in [0.2, 0.25) is 0 Å². The SMILES string of the molecule is O=C(O)C1=C(O)CCCC1. The van der Waals surface area contributed by atoms with Crippen molar-refractivity contribution < 1.29 is 15.0 Å². The van der Waals surface area contributed by atoms with Gasteiger partial charge in [0.2, 0.25) is 0 Å². The largest absolute Gasteiger partial charge is 0.512 e. The molecule has 3 heteroatoms. The lowest BCUT2D eigenvalue weighted by Gasteiger charge is -2.11. The van der Waals surface area contributed by atoms with E-state index in [1.165, 1.54) is 0 Å². The standard InChI is InChI=1S/C7H10O3/c8-6-4-2-1-3-5(6)7(9)10/h8H,1-4H2,(H,9,10).